The Balaban J connectivity index is 1.49. The smallest absolute Gasteiger partial charge is 0.260 e. The minimum atomic E-state index is -3.43. The molecule has 1 saturated heterocycles. The molecule has 40 heavy (non-hydrogen) atoms. The second kappa shape index (κ2) is 11.3. The van der Waals surface area contributed by atoms with Crippen molar-refractivity contribution in [3.8, 4) is 11.1 Å². The van der Waals surface area contributed by atoms with Crippen LogP contribution in [0.3, 0.4) is 0 Å². The van der Waals surface area contributed by atoms with E-state index in [0.29, 0.717) is 22.8 Å². The molecule has 0 spiro atoms. The van der Waals surface area contributed by atoms with Crippen molar-refractivity contribution in [2.45, 2.75) is 19.0 Å². The zero-order valence-electron chi connectivity index (χ0n) is 21.5. The molecule has 1 aliphatic heterocycles. The van der Waals surface area contributed by atoms with Gasteiger partial charge in [0.25, 0.3) is 5.56 Å². The molecule has 0 saturated carbocycles. The number of rotatable bonds is 8. The second-order valence-corrected chi connectivity index (χ2v) is 10.3. The van der Waals surface area contributed by atoms with E-state index in [4.69, 9.17) is 0 Å². The maximum Gasteiger partial charge on any atom is 0.260 e. The molecule has 9 nitrogen and oxygen atoms in total. The van der Waals surface area contributed by atoms with Gasteiger partial charge in [-0.15, -0.1) is 0 Å². The van der Waals surface area contributed by atoms with E-state index in [1.165, 1.54) is 19.3 Å². The summed E-state index contributed by atoms with van der Waals surface area (Å²) in [6.07, 6.45) is 0.900. The monoisotopic (exact) mass is 571 g/mol. The van der Waals surface area contributed by atoms with E-state index < -0.39 is 45.5 Å². The van der Waals surface area contributed by atoms with E-state index in [9.17, 15) is 17.6 Å². The highest BCUT2D eigenvalue weighted by Gasteiger charge is 2.32. The number of pyridine rings is 1. The number of nitrogens with zero attached hydrogens (tertiary/aromatic N) is 5. The molecule has 2 aromatic heterocycles. The highest BCUT2D eigenvalue weighted by atomic mass is 32.2. The quantitative estimate of drug-likeness (QED) is 0.313. The summed E-state index contributed by atoms with van der Waals surface area (Å²) in [6, 6.07) is 10.9. The summed E-state index contributed by atoms with van der Waals surface area (Å²) in [4.78, 5) is 22.0. The number of fused-ring (bicyclic) bond motifs is 1. The first kappa shape index (κ1) is 27.6. The topological polar surface area (TPSA) is 100 Å². The molecule has 0 aliphatic carbocycles. The lowest BCUT2D eigenvalue weighted by Gasteiger charge is -2.28. The maximum absolute atomic E-state index is 15.8. The Morgan fingerprint density at radius 3 is 2.70 bits per heavy atom. The van der Waals surface area contributed by atoms with Crippen molar-refractivity contribution in [1.29, 1.82) is 0 Å². The number of aryl methyl sites for hydroxylation is 1. The molecule has 2 aromatic carbocycles. The van der Waals surface area contributed by atoms with Crippen molar-refractivity contribution in [1.82, 2.24) is 19.5 Å². The van der Waals surface area contributed by atoms with Crippen LogP contribution in [0.5, 0.6) is 0 Å². The molecule has 4 aromatic rings. The fourth-order valence-electron chi connectivity index (χ4n) is 4.77. The number of hydrogen-bond donors (Lipinski definition) is 2. The zero-order valence-corrected chi connectivity index (χ0v) is 22.4. The van der Waals surface area contributed by atoms with Gasteiger partial charge in [0.05, 0.1) is 17.7 Å². The molecule has 1 radical (unpaired) electrons. The molecular formula is C27H26F3N6O3S. The number of hydrogen-bond acceptors (Lipinski definition) is 7. The molecule has 1 aliphatic rings. The van der Waals surface area contributed by atoms with Crippen molar-refractivity contribution in [3.63, 3.8) is 0 Å². The number of benzene rings is 2. The van der Waals surface area contributed by atoms with Crippen LogP contribution >= 0.6 is 0 Å². The van der Waals surface area contributed by atoms with E-state index >= 15 is 8.78 Å². The number of thiol groups is 1. The van der Waals surface area contributed by atoms with Gasteiger partial charge in [0.1, 0.15) is 23.3 Å². The Hall–Kier alpha value is -3.97. The Morgan fingerprint density at radius 1 is 1.20 bits per heavy atom. The van der Waals surface area contributed by atoms with Gasteiger partial charge in [0.15, 0.2) is 5.82 Å². The summed E-state index contributed by atoms with van der Waals surface area (Å²) >= 11 is 0. The predicted octanol–water partition coefficient (Wildman–Crippen LogP) is 3.40. The first-order chi connectivity index (χ1) is 19.1. The predicted molar refractivity (Wildman–Crippen MR) is 147 cm³/mol. The van der Waals surface area contributed by atoms with E-state index in [1.54, 1.807) is 0 Å². The number of nitrogens with one attached hydrogen (secondary N) is 1. The Kier molecular flexibility index (Phi) is 7.76. The van der Waals surface area contributed by atoms with E-state index in [1.807, 2.05) is 24.3 Å². The first-order valence-corrected chi connectivity index (χ1v) is 13.6. The van der Waals surface area contributed by atoms with Crippen molar-refractivity contribution in [3.05, 3.63) is 88.7 Å². The average molecular weight is 572 g/mol. The largest absolute Gasteiger partial charge is 0.354 e. The van der Waals surface area contributed by atoms with Gasteiger partial charge < -0.3 is 5.32 Å². The highest BCUT2D eigenvalue weighted by molar-refractivity contribution is 7.73. The van der Waals surface area contributed by atoms with Gasteiger partial charge in [0.2, 0.25) is 16.8 Å². The average Bonchev–Trinajstić information content (AvgIpc) is 3.34. The maximum atomic E-state index is 15.8. The SMILES string of the molecule is [CH2]c1cccc(CCNc2ncc3cc(-c4c(F)ccc(N(N5CC[C@@H](F)C5)[SH](=O)=O)c4F)c(=O)n(C)c3n2)c1. The third kappa shape index (κ3) is 5.39. The summed E-state index contributed by atoms with van der Waals surface area (Å²) < 4.78 is 70.4. The lowest BCUT2D eigenvalue weighted by atomic mass is 10.0. The molecule has 1 fully saturated rings. The van der Waals surface area contributed by atoms with Crippen LogP contribution in [-0.4, -0.2) is 53.8 Å². The third-order valence-electron chi connectivity index (χ3n) is 6.72. The second-order valence-electron chi connectivity index (χ2n) is 9.47. The van der Waals surface area contributed by atoms with E-state index in [2.05, 4.69) is 22.2 Å². The van der Waals surface area contributed by atoms with Crippen LogP contribution in [0.25, 0.3) is 22.2 Å². The van der Waals surface area contributed by atoms with Crippen LogP contribution in [0.2, 0.25) is 0 Å². The molecule has 13 heteroatoms. The lowest BCUT2D eigenvalue weighted by Crippen LogP contribution is -2.41. The van der Waals surface area contributed by atoms with Crippen LogP contribution < -0.4 is 15.3 Å². The fourth-order valence-corrected chi connectivity index (χ4v) is 5.47. The van der Waals surface area contributed by atoms with E-state index in [-0.39, 0.29) is 36.7 Å². The van der Waals surface area contributed by atoms with Crippen molar-refractivity contribution < 1.29 is 21.6 Å². The van der Waals surface area contributed by atoms with Gasteiger partial charge in [-0.2, -0.15) is 9.40 Å². The molecule has 3 heterocycles. The number of anilines is 2. The summed E-state index contributed by atoms with van der Waals surface area (Å²) in [7, 11) is -2.01. The van der Waals surface area contributed by atoms with Crippen LogP contribution in [0.4, 0.5) is 24.8 Å². The van der Waals surface area contributed by atoms with E-state index in [0.717, 1.165) is 32.8 Å². The molecule has 0 bridgehead atoms. The minimum Gasteiger partial charge on any atom is -0.354 e. The lowest BCUT2D eigenvalue weighted by molar-refractivity contribution is 0.297. The fraction of sp³-hybridized carbons (Fsp3) is 0.259. The Labute approximate surface area is 230 Å². The zero-order chi connectivity index (χ0) is 28.6. The first-order valence-electron chi connectivity index (χ1n) is 12.5. The van der Waals surface area contributed by atoms with Gasteiger partial charge in [-0.3, -0.25) is 9.36 Å². The third-order valence-corrected chi connectivity index (χ3v) is 7.50. The molecule has 0 amide bonds. The molecule has 1 N–H and O–H groups in total. The molecule has 0 unspecified atom stereocenters. The molecule has 1 atom stereocenters. The summed E-state index contributed by atoms with van der Waals surface area (Å²) in [5, 5.41) is 4.57. The van der Waals surface area contributed by atoms with Gasteiger partial charge in [-0.05, 0) is 49.1 Å². The summed E-state index contributed by atoms with van der Waals surface area (Å²) in [5.41, 5.74) is -0.0754. The van der Waals surface area contributed by atoms with Crippen molar-refractivity contribution >= 4 is 33.6 Å². The number of alkyl halides is 1. The van der Waals surface area contributed by atoms with Crippen LogP contribution in [0.15, 0.2) is 53.5 Å². The van der Waals surface area contributed by atoms with Crippen molar-refractivity contribution in [2.24, 2.45) is 7.05 Å². The van der Waals surface area contributed by atoms with Crippen LogP contribution in [0.1, 0.15) is 17.5 Å². The Morgan fingerprint density at radius 2 is 2.00 bits per heavy atom. The normalized spacial score (nSPS) is 15.7. The Bertz CT molecular complexity index is 1720. The molecular weight excluding hydrogens is 545 g/mol. The number of halogens is 3. The summed E-state index contributed by atoms with van der Waals surface area (Å²) in [5.74, 6) is -2.05. The molecule has 5 rings (SSSR count). The van der Waals surface area contributed by atoms with Crippen LogP contribution in [-0.2, 0) is 24.4 Å². The molecule has 209 valence electrons. The number of aromatic nitrogens is 3. The van der Waals surface area contributed by atoms with Gasteiger partial charge >= 0.3 is 0 Å². The standard InChI is InChI=1S/C27H26F3N6O3S/c1-16-4-3-5-17(12-16)8-10-31-27-32-14-18-13-20(26(37)34(2)25(18)33-27)23-21(29)6-7-22(24(23)30)36(40(38)39)35-11-9-19(28)15-35/h3-7,12-14,19,40H,1,8-11,15H2,2H3,(H,31,32,33)/t19-/m1/s1. The number of hydrazine groups is 1. The van der Waals surface area contributed by atoms with Gasteiger partial charge in [-0.1, -0.05) is 24.3 Å². The highest BCUT2D eigenvalue weighted by Crippen LogP contribution is 2.34. The van der Waals surface area contributed by atoms with Crippen molar-refractivity contribution in [2.75, 3.05) is 29.4 Å². The van der Waals surface area contributed by atoms with Crippen LogP contribution in [0, 0.1) is 18.6 Å². The van der Waals surface area contributed by atoms with Gasteiger partial charge in [-0.25, -0.2) is 31.6 Å². The summed E-state index contributed by atoms with van der Waals surface area (Å²) in [6.45, 7) is 4.20. The minimum absolute atomic E-state index is 0.0320. The van der Waals surface area contributed by atoms with Gasteiger partial charge in [0, 0.05) is 31.7 Å².